The number of ether oxygens (including phenoxy) is 1. The van der Waals surface area contributed by atoms with Crippen molar-refractivity contribution in [3.63, 3.8) is 0 Å². The normalized spacial score (nSPS) is 11.0. The van der Waals surface area contributed by atoms with E-state index in [9.17, 15) is 13.6 Å². The molecule has 0 atom stereocenters. The van der Waals surface area contributed by atoms with Crippen molar-refractivity contribution in [2.24, 2.45) is 0 Å². The molecule has 0 aliphatic carbocycles. The van der Waals surface area contributed by atoms with Crippen LogP contribution in [0.1, 0.15) is 15.9 Å². The van der Waals surface area contributed by atoms with Gasteiger partial charge in [0.1, 0.15) is 11.6 Å². The lowest BCUT2D eigenvalue weighted by Crippen LogP contribution is -2.10. The highest BCUT2D eigenvalue weighted by atomic mass is 19.3. The quantitative estimate of drug-likeness (QED) is 0.602. The minimum atomic E-state index is -2.88. The van der Waals surface area contributed by atoms with E-state index in [0.717, 1.165) is 11.4 Å². The van der Waals surface area contributed by atoms with E-state index >= 15 is 0 Å². The molecule has 0 N–H and O–H groups in total. The van der Waals surface area contributed by atoms with Gasteiger partial charge in [-0.25, -0.2) is 4.98 Å². The Morgan fingerprint density at radius 2 is 1.87 bits per heavy atom. The maximum absolute atomic E-state index is 12.1. The number of carbonyl (C=O) groups is 1. The van der Waals surface area contributed by atoms with Gasteiger partial charge in [-0.1, -0.05) is 0 Å². The summed E-state index contributed by atoms with van der Waals surface area (Å²) in [5, 5.41) is 0. The highest BCUT2D eigenvalue weighted by Crippen LogP contribution is 2.16. The van der Waals surface area contributed by atoms with Gasteiger partial charge in [-0.15, -0.1) is 0 Å². The number of alkyl halides is 2. The third kappa shape index (κ3) is 4.88. The third-order valence-corrected chi connectivity index (χ3v) is 3.02. The zero-order valence-corrected chi connectivity index (χ0v) is 12.7. The highest BCUT2D eigenvalue weighted by molar-refractivity contribution is 6.06. The Kier molecular flexibility index (Phi) is 5.41. The molecule has 2 aromatic rings. The minimum Gasteiger partial charge on any atom is -0.435 e. The summed E-state index contributed by atoms with van der Waals surface area (Å²) >= 11 is 0. The summed E-state index contributed by atoms with van der Waals surface area (Å²) in [5.74, 6) is 0.609. The fraction of sp³-hybridized carbons (Fsp3) is 0.176. The Bertz CT molecular complexity index is 681. The summed E-state index contributed by atoms with van der Waals surface area (Å²) in [6, 6.07) is 9.25. The molecule has 1 heterocycles. The van der Waals surface area contributed by atoms with E-state index < -0.39 is 6.61 Å². The fourth-order valence-corrected chi connectivity index (χ4v) is 1.83. The van der Waals surface area contributed by atoms with Crippen molar-refractivity contribution in [1.29, 1.82) is 0 Å². The zero-order chi connectivity index (χ0) is 16.8. The minimum absolute atomic E-state index is 0.0176. The second kappa shape index (κ2) is 7.49. The van der Waals surface area contributed by atoms with Gasteiger partial charge < -0.3 is 9.64 Å². The van der Waals surface area contributed by atoms with Crippen LogP contribution >= 0.6 is 0 Å². The average molecular weight is 318 g/mol. The van der Waals surface area contributed by atoms with E-state index in [-0.39, 0.29) is 11.5 Å². The molecule has 120 valence electrons. The molecule has 0 aliphatic rings. The van der Waals surface area contributed by atoms with Crippen molar-refractivity contribution in [2.75, 3.05) is 19.0 Å². The number of aromatic nitrogens is 1. The molecule has 2 rings (SSSR count). The van der Waals surface area contributed by atoms with Gasteiger partial charge in [0.15, 0.2) is 5.78 Å². The number of hydrogen-bond donors (Lipinski definition) is 0. The first-order chi connectivity index (χ1) is 11.0. The lowest BCUT2D eigenvalue weighted by molar-refractivity contribution is -0.0498. The molecular formula is C17H16F2N2O2. The van der Waals surface area contributed by atoms with E-state index in [1.165, 1.54) is 30.3 Å². The maximum atomic E-state index is 12.1. The van der Waals surface area contributed by atoms with Crippen molar-refractivity contribution < 1.29 is 18.3 Å². The zero-order valence-electron chi connectivity index (χ0n) is 12.7. The molecule has 0 saturated carbocycles. The Balaban J connectivity index is 2.03. The molecular weight excluding hydrogens is 302 g/mol. The number of halogens is 2. The van der Waals surface area contributed by atoms with Gasteiger partial charge in [0, 0.05) is 25.9 Å². The van der Waals surface area contributed by atoms with Crippen LogP contribution in [-0.2, 0) is 0 Å². The molecule has 0 amide bonds. The van der Waals surface area contributed by atoms with Crippen molar-refractivity contribution in [1.82, 2.24) is 4.98 Å². The summed E-state index contributed by atoms with van der Waals surface area (Å²) in [5.41, 5.74) is 1.18. The number of allylic oxidation sites excluding steroid dienone is 1. The van der Waals surface area contributed by atoms with Gasteiger partial charge in [0.25, 0.3) is 0 Å². The van der Waals surface area contributed by atoms with Crippen molar-refractivity contribution in [3.05, 3.63) is 59.8 Å². The largest absolute Gasteiger partial charge is 0.435 e. The molecule has 1 aromatic carbocycles. The van der Waals surface area contributed by atoms with Crippen LogP contribution in [0.3, 0.4) is 0 Å². The third-order valence-electron chi connectivity index (χ3n) is 3.02. The summed E-state index contributed by atoms with van der Waals surface area (Å²) in [4.78, 5) is 18.1. The molecule has 0 fully saturated rings. The Morgan fingerprint density at radius 1 is 1.17 bits per heavy atom. The predicted octanol–water partition coefficient (Wildman–Crippen LogP) is 3.65. The van der Waals surface area contributed by atoms with Crippen LogP contribution in [0.5, 0.6) is 5.75 Å². The van der Waals surface area contributed by atoms with Crippen LogP contribution in [0.15, 0.2) is 48.7 Å². The molecule has 6 heteroatoms. The van der Waals surface area contributed by atoms with E-state index in [4.69, 9.17) is 0 Å². The second-order valence-corrected chi connectivity index (χ2v) is 4.94. The van der Waals surface area contributed by atoms with Crippen molar-refractivity contribution in [2.45, 2.75) is 6.61 Å². The topological polar surface area (TPSA) is 42.4 Å². The van der Waals surface area contributed by atoms with Gasteiger partial charge in [-0.2, -0.15) is 8.78 Å². The predicted molar refractivity (Wildman–Crippen MR) is 85.0 cm³/mol. The lowest BCUT2D eigenvalue weighted by Gasteiger charge is -2.10. The van der Waals surface area contributed by atoms with E-state index in [2.05, 4.69) is 9.72 Å². The summed E-state index contributed by atoms with van der Waals surface area (Å²) in [6.45, 7) is -2.88. The number of nitrogens with zero attached hydrogens (tertiary/aromatic N) is 2. The Hall–Kier alpha value is -2.76. The van der Waals surface area contributed by atoms with Gasteiger partial charge in [-0.05, 0) is 54.1 Å². The molecule has 0 saturated heterocycles. The molecule has 0 radical (unpaired) electrons. The van der Waals surface area contributed by atoms with Crippen LogP contribution in [-0.4, -0.2) is 31.5 Å². The summed E-state index contributed by atoms with van der Waals surface area (Å²) < 4.78 is 28.3. The van der Waals surface area contributed by atoms with Crippen LogP contribution in [0.2, 0.25) is 0 Å². The first kappa shape index (κ1) is 16.6. The van der Waals surface area contributed by atoms with E-state index in [1.54, 1.807) is 12.3 Å². The average Bonchev–Trinajstić information content (AvgIpc) is 2.53. The number of rotatable bonds is 6. The van der Waals surface area contributed by atoms with Crippen LogP contribution in [0.4, 0.5) is 14.6 Å². The van der Waals surface area contributed by atoms with E-state index in [0.29, 0.717) is 5.56 Å². The molecule has 0 aliphatic heterocycles. The van der Waals surface area contributed by atoms with Crippen molar-refractivity contribution >= 4 is 17.7 Å². The van der Waals surface area contributed by atoms with Gasteiger partial charge >= 0.3 is 6.61 Å². The molecule has 0 bridgehead atoms. The first-order valence-electron chi connectivity index (χ1n) is 6.86. The van der Waals surface area contributed by atoms with Crippen LogP contribution in [0, 0.1) is 0 Å². The number of benzene rings is 1. The lowest BCUT2D eigenvalue weighted by atomic mass is 10.1. The van der Waals surface area contributed by atoms with Crippen LogP contribution in [0.25, 0.3) is 6.08 Å². The molecule has 0 unspecified atom stereocenters. The highest BCUT2D eigenvalue weighted by Gasteiger charge is 2.06. The molecule has 0 spiro atoms. The summed E-state index contributed by atoms with van der Waals surface area (Å²) in [7, 11) is 3.78. The number of anilines is 1. The maximum Gasteiger partial charge on any atom is 0.387 e. The fourth-order valence-electron chi connectivity index (χ4n) is 1.83. The molecule has 1 aromatic heterocycles. The smallest absolute Gasteiger partial charge is 0.387 e. The van der Waals surface area contributed by atoms with Crippen molar-refractivity contribution in [3.8, 4) is 5.75 Å². The molecule has 23 heavy (non-hydrogen) atoms. The summed E-state index contributed by atoms with van der Waals surface area (Å²) in [6.07, 6.45) is 4.73. The first-order valence-corrected chi connectivity index (χ1v) is 6.86. The Labute approximate surface area is 133 Å². The van der Waals surface area contributed by atoms with Gasteiger partial charge in [0.05, 0.1) is 0 Å². The van der Waals surface area contributed by atoms with Crippen LogP contribution < -0.4 is 9.64 Å². The number of ketones is 1. The molecule has 4 nitrogen and oxygen atoms in total. The number of pyridine rings is 1. The monoisotopic (exact) mass is 318 g/mol. The second-order valence-electron chi connectivity index (χ2n) is 4.94. The van der Waals surface area contributed by atoms with E-state index in [1.807, 2.05) is 31.1 Å². The van der Waals surface area contributed by atoms with Gasteiger partial charge in [-0.3, -0.25) is 4.79 Å². The van der Waals surface area contributed by atoms with Gasteiger partial charge in [0.2, 0.25) is 0 Å². The Morgan fingerprint density at radius 3 is 2.39 bits per heavy atom. The number of hydrogen-bond acceptors (Lipinski definition) is 4. The number of carbonyl (C=O) groups excluding carboxylic acids is 1. The standard InChI is InChI=1S/C17H16F2N2O2/c1-21(2)16-10-4-12(11-20-16)3-9-15(22)13-5-7-14(8-6-13)23-17(18)19/h3-11,17H,1-2H3/b9-3+. The SMILES string of the molecule is CN(C)c1ccc(/C=C/C(=O)c2ccc(OC(F)F)cc2)cn1.